The molecule has 2 aliphatic rings. The molecule has 3 atom stereocenters. The van der Waals surface area contributed by atoms with Crippen LogP contribution in [0.4, 0.5) is 4.79 Å². The van der Waals surface area contributed by atoms with Crippen molar-refractivity contribution >= 4 is 6.03 Å². The SMILES string of the molecule is CC1CCC(NC(=O)N2CCCCC2)C1C. The van der Waals surface area contributed by atoms with Crippen molar-refractivity contribution in [3.63, 3.8) is 0 Å². The second-order valence-corrected chi connectivity index (χ2v) is 5.52. The molecule has 2 fully saturated rings. The summed E-state index contributed by atoms with van der Waals surface area (Å²) in [6.45, 7) is 6.45. The van der Waals surface area contributed by atoms with Crippen LogP contribution in [0.1, 0.15) is 46.0 Å². The quantitative estimate of drug-likeness (QED) is 0.729. The monoisotopic (exact) mass is 224 g/mol. The Labute approximate surface area is 98.6 Å². The van der Waals surface area contributed by atoms with Crippen LogP contribution in [0, 0.1) is 11.8 Å². The Bertz CT molecular complexity index is 248. The normalized spacial score (nSPS) is 35.1. The highest BCUT2D eigenvalue weighted by Crippen LogP contribution is 2.31. The fraction of sp³-hybridized carbons (Fsp3) is 0.923. The summed E-state index contributed by atoms with van der Waals surface area (Å²) in [6, 6.07) is 0.579. The van der Waals surface area contributed by atoms with E-state index in [1.165, 1.54) is 25.7 Å². The first-order valence-corrected chi connectivity index (χ1v) is 6.74. The molecule has 1 N–H and O–H groups in total. The van der Waals surface area contributed by atoms with Crippen molar-refractivity contribution in [1.29, 1.82) is 0 Å². The summed E-state index contributed by atoms with van der Waals surface area (Å²) in [4.78, 5) is 14.0. The van der Waals surface area contributed by atoms with Crippen molar-refractivity contribution in [3.05, 3.63) is 0 Å². The molecule has 1 aliphatic carbocycles. The molecule has 3 heteroatoms. The zero-order valence-corrected chi connectivity index (χ0v) is 10.5. The first kappa shape index (κ1) is 11.7. The molecule has 0 spiro atoms. The summed E-state index contributed by atoms with van der Waals surface area (Å²) in [7, 11) is 0. The molecule has 2 amide bonds. The van der Waals surface area contributed by atoms with Crippen LogP contribution in [0.25, 0.3) is 0 Å². The number of nitrogens with one attached hydrogen (secondary N) is 1. The van der Waals surface area contributed by atoms with E-state index in [1.807, 2.05) is 4.90 Å². The van der Waals surface area contributed by atoms with Crippen molar-refractivity contribution in [2.24, 2.45) is 11.8 Å². The number of urea groups is 1. The number of likely N-dealkylation sites (tertiary alicyclic amines) is 1. The summed E-state index contributed by atoms with van der Waals surface area (Å²) < 4.78 is 0. The third kappa shape index (κ3) is 2.50. The van der Waals surface area contributed by atoms with Gasteiger partial charge in [-0.05, 0) is 43.9 Å². The highest BCUT2D eigenvalue weighted by Gasteiger charge is 2.31. The number of piperidine rings is 1. The Morgan fingerprint density at radius 1 is 1.12 bits per heavy atom. The van der Waals surface area contributed by atoms with E-state index in [2.05, 4.69) is 19.2 Å². The third-order valence-electron chi connectivity index (χ3n) is 4.42. The van der Waals surface area contributed by atoms with Gasteiger partial charge in [-0.25, -0.2) is 4.79 Å². The molecule has 0 radical (unpaired) electrons. The number of hydrogen-bond acceptors (Lipinski definition) is 1. The highest BCUT2D eigenvalue weighted by atomic mass is 16.2. The van der Waals surface area contributed by atoms with Gasteiger partial charge in [0.25, 0.3) is 0 Å². The van der Waals surface area contributed by atoms with Crippen molar-refractivity contribution in [1.82, 2.24) is 10.2 Å². The van der Waals surface area contributed by atoms with E-state index in [0.29, 0.717) is 12.0 Å². The standard InChI is InChI=1S/C13H24N2O/c1-10-6-7-12(11(10)2)14-13(16)15-8-4-3-5-9-15/h10-12H,3-9H2,1-2H3,(H,14,16). The van der Waals surface area contributed by atoms with E-state index in [-0.39, 0.29) is 6.03 Å². The lowest BCUT2D eigenvalue weighted by Gasteiger charge is -2.29. The Hall–Kier alpha value is -0.730. The largest absolute Gasteiger partial charge is 0.335 e. The van der Waals surface area contributed by atoms with Gasteiger partial charge >= 0.3 is 6.03 Å². The number of rotatable bonds is 1. The molecular formula is C13H24N2O. The highest BCUT2D eigenvalue weighted by molar-refractivity contribution is 5.74. The molecule has 1 saturated carbocycles. The zero-order valence-electron chi connectivity index (χ0n) is 10.5. The van der Waals surface area contributed by atoms with Gasteiger partial charge in [-0.15, -0.1) is 0 Å². The van der Waals surface area contributed by atoms with Crippen LogP contribution in [0.15, 0.2) is 0 Å². The van der Waals surface area contributed by atoms with Crippen molar-refractivity contribution in [2.45, 2.75) is 52.0 Å². The summed E-state index contributed by atoms with van der Waals surface area (Å²) >= 11 is 0. The minimum Gasteiger partial charge on any atom is -0.335 e. The van der Waals surface area contributed by atoms with Crippen LogP contribution in [0.2, 0.25) is 0 Å². The molecule has 16 heavy (non-hydrogen) atoms. The minimum atomic E-state index is 0.172. The van der Waals surface area contributed by atoms with Crippen LogP contribution in [0.3, 0.4) is 0 Å². The smallest absolute Gasteiger partial charge is 0.317 e. The molecule has 0 aromatic carbocycles. The Kier molecular flexibility index (Phi) is 3.72. The fourth-order valence-electron chi connectivity index (χ4n) is 2.92. The van der Waals surface area contributed by atoms with E-state index in [0.717, 1.165) is 25.4 Å². The second kappa shape index (κ2) is 5.07. The maximum absolute atomic E-state index is 12.0. The number of carbonyl (C=O) groups is 1. The van der Waals surface area contributed by atoms with Crippen LogP contribution in [-0.4, -0.2) is 30.1 Å². The van der Waals surface area contributed by atoms with Gasteiger partial charge < -0.3 is 10.2 Å². The maximum Gasteiger partial charge on any atom is 0.317 e. The lowest BCUT2D eigenvalue weighted by Crippen LogP contribution is -2.47. The number of amides is 2. The van der Waals surface area contributed by atoms with Crippen LogP contribution in [-0.2, 0) is 0 Å². The summed E-state index contributed by atoms with van der Waals surface area (Å²) in [5.74, 6) is 1.39. The predicted octanol–water partition coefficient (Wildman–Crippen LogP) is 2.62. The molecule has 92 valence electrons. The van der Waals surface area contributed by atoms with E-state index in [9.17, 15) is 4.79 Å². The topological polar surface area (TPSA) is 32.3 Å². The molecule has 0 bridgehead atoms. The van der Waals surface area contributed by atoms with Gasteiger partial charge in [0.05, 0.1) is 0 Å². The number of nitrogens with zero attached hydrogens (tertiary/aromatic N) is 1. The molecule has 1 saturated heterocycles. The molecule has 0 aromatic rings. The second-order valence-electron chi connectivity index (χ2n) is 5.52. The number of hydrogen-bond donors (Lipinski definition) is 1. The van der Waals surface area contributed by atoms with Gasteiger partial charge in [-0.1, -0.05) is 13.8 Å². The molecule has 3 nitrogen and oxygen atoms in total. The minimum absolute atomic E-state index is 0.172. The molecule has 1 aliphatic heterocycles. The van der Waals surface area contributed by atoms with Gasteiger partial charge in [-0.3, -0.25) is 0 Å². The molecule has 3 unspecified atom stereocenters. The van der Waals surface area contributed by atoms with Crippen molar-refractivity contribution in [3.8, 4) is 0 Å². The lowest BCUT2D eigenvalue weighted by atomic mass is 9.98. The van der Waals surface area contributed by atoms with Gasteiger partial charge in [0.1, 0.15) is 0 Å². The summed E-state index contributed by atoms with van der Waals surface area (Å²) in [6.07, 6.45) is 6.03. The lowest BCUT2D eigenvalue weighted by molar-refractivity contribution is 0.179. The summed E-state index contributed by atoms with van der Waals surface area (Å²) in [5.41, 5.74) is 0. The Morgan fingerprint density at radius 2 is 1.81 bits per heavy atom. The van der Waals surface area contributed by atoms with E-state index >= 15 is 0 Å². The zero-order chi connectivity index (χ0) is 11.5. The van der Waals surface area contributed by atoms with Crippen LogP contribution < -0.4 is 5.32 Å². The van der Waals surface area contributed by atoms with Crippen LogP contribution in [0.5, 0.6) is 0 Å². The van der Waals surface area contributed by atoms with Gasteiger partial charge in [0.2, 0.25) is 0 Å². The predicted molar refractivity (Wildman–Crippen MR) is 65.3 cm³/mol. The van der Waals surface area contributed by atoms with E-state index < -0.39 is 0 Å². The fourth-order valence-corrected chi connectivity index (χ4v) is 2.92. The Morgan fingerprint density at radius 3 is 2.38 bits per heavy atom. The Balaban J connectivity index is 1.82. The molecule has 0 aromatic heterocycles. The molecule has 2 rings (SSSR count). The molecule has 1 heterocycles. The average molecular weight is 224 g/mol. The van der Waals surface area contributed by atoms with Gasteiger partial charge in [0.15, 0.2) is 0 Å². The number of carbonyl (C=O) groups excluding carboxylic acids is 1. The van der Waals surface area contributed by atoms with Crippen LogP contribution >= 0.6 is 0 Å². The van der Waals surface area contributed by atoms with Crippen molar-refractivity contribution in [2.75, 3.05) is 13.1 Å². The van der Waals surface area contributed by atoms with Gasteiger partial charge in [0, 0.05) is 19.1 Å². The summed E-state index contributed by atoms with van der Waals surface area (Å²) in [5, 5.41) is 3.22. The molecular weight excluding hydrogens is 200 g/mol. The maximum atomic E-state index is 12.0. The first-order valence-electron chi connectivity index (χ1n) is 6.74. The van der Waals surface area contributed by atoms with E-state index in [1.54, 1.807) is 0 Å². The third-order valence-corrected chi connectivity index (χ3v) is 4.42. The van der Waals surface area contributed by atoms with E-state index in [4.69, 9.17) is 0 Å². The van der Waals surface area contributed by atoms with Crippen molar-refractivity contribution < 1.29 is 4.79 Å². The van der Waals surface area contributed by atoms with Gasteiger partial charge in [-0.2, -0.15) is 0 Å². The average Bonchev–Trinajstić information content (AvgIpc) is 2.62. The first-order chi connectivity index (χ1) is 7.68.